The number of aromatic nitrogens is 1. The minimum Gasteiger partial charge on any atom is -0.465 e. The van der Waals surface area contributed by atoms with Gasteiger partial charge >= 0.3 is 12.3 Å². The molecule has 0 bridgehead atoms. The average Bonchev–Trinajstić information content (AvgIpc) is 2.52. The van der Waals surface area contributed by atoms with E-state index in [1.54, 1.807) is 0 Å². The van der Waals surface area contributed by atoms with Crippen LogP contribution in [-0.2, 0) is 22.3 Å². The van der Waals surface area contributed by atoms with E-state index in [2.05, 4.69) is 15.6 Å². The summed E-state index contributed by atoms with van der Waals surface area (Å²) >= 11 is 0. The van der Waals surface area contributed by atoms with Gasteiger partial charge in [0.1, 0.15) is 6.10 Å². The number of carboxylic acid groups (broad SMARTS) is 1. The molecule has 0 saturated carbocycles. The number of alkyl halides is 3. The summed E-state index contributed by atoms with van der Waals surface area (Å²) in [4.78, 5) is 26.1. The SMILES string of the molecule is O=C(O)NC1CCC(C(=O)NCc2ccc(C(F)(F)F)cn2)OC1. The van der Waals surface area contributed by atoms with Gasteiger partial charge in [-0.25, -0.2) is 4.79 Å². The number of hydrogen-bond acceptors (Lipinski definition) is 4. The van der Waals surface area contributed by atoms with Gasteiger partial charge in [0.15, 0.2) is 0 Å². The lowest BCUT2D eigenvalue weighted by Crippen LogP contribution is -2.46. The molecule has 3 N–H and O–H groups in total. The van der Waals surface area contributed by atoms with E-state index in [-0.39, 0.29) is 24.9 Å². The van der Waals surface area contributed by atoms with Crippen LogP contribution in [0.1, 0.15) is 24.1 Å². The average molecular weight is 347 g/mol. The predicted molar refractivity (Wildman–Crippen MR) is 75.0 cm³/mol. The number of hydrogen-bond donors (Lipinski definition) is 3. The maximum Gasteiger partial charge on any atom is 0.417 e. The van der Waals surface area contributed by atoms with Crippen molar-refractivity contribution in [1.82, 2.24) is 15.6 Å². The van der Waals surface area contributed by atoms with Crippen LogP contribution in [0.5, 0.6) is 0 Å². The summed E-state index contributed by atoms with van der Waals surface area (Å²) in [5, 5.41) is 13.4. The van der Waals surface area contributed by atoms with Gasteiger partial charge in [-0.05, 0) is 25.0 Å². The van der Waals surface area contributed by atoms with E-state index in [1.165, 1.54) is 6.07 Å². The lowest BCUT2D eigenvalue weighted by atomic mass is 10.0. The molecule has 0 aliphatic carbocycles. The largest absolute Gasteiger partial charge is 0.465 e. The maximum absolute atomic E-state index is 12.4. The van der Waals surface area contributed by atoms with Crippen LogP contribution in [0, 0.1) is 0 Å². The molecule has 2 rings (SSSR count). The van der Waals surface area contributed by atoms with E-state index in [0.717, 1.165) is 6.07 Å². The molecule has 0 radical (unpaired) electrons. The number of nitrogens with zero attached hydrogens (tertiary/aromatic N) is 1. The van der Waals surface area contributed by atoms with E-state index in [4.69, 9.17) is 9.84 Å². The molecule has 2 atom stereocenters. The molecule has 132 valence electrons. The topological polar surface area (TPSA) is 101 Å². The first kappa shape index (κ1) is 18.0. The molecule has 1 aliphatic heterocycles. The summed E-state index contributed by atoms with van der Waals surface area (Å²) in [7, 11) is 0. The Bertz CT molecular complexity index is 584. The van der Waals surface area contributed by atoms with Crippen molar-refractivity contribution in [3.63, 3.8) is 0 Å². The highest BCUT2D eigenvalue weighted by Gasteiger charge is 2.31. The molecule has 10 heteroatoms. The van der Waals surface area contributed by atoms with Gasteiger partial charge in [0.25, 0.3) is 0 Å². The van der Waals surface area contributed by atoms with E-state index >= 15 is 0 Å². The van der Waals surface area contributed by atoms with Gasteiger partial charge in [-0.1, -0.05) is 0 Å². The molecule has 7 nitrogen and oxygen atoms in total. The molecule has 2 unspecified atom stereocenters. The van der Waals surface area contributed by atoms with Gasteiger partial charge in [0.2, 0.25) is 5.91 Å². The second kappa shape index (κ2) is 7.47. The zero-order chi connectivity index (χ0) is 17.7. The molecule has 1 fully saturated rings. The van der Waals surface area contributed by atoms with Crippen molar-refractivity contribution in [2.24, 2.45) is 0 Å². The molecule has 2 amide bonds. The first-order chi connectivity index (χ1) is 11.3. The van der Waals surface area contributed by atoms with Crippen molar-refractivity contribution >= 4 is 12.0 Å². The minimum atomic E-state index is -4.45. The Morgan fingerprint density at radius 1 is 1.33 bits per heavy atom. The molecule has 1 saturated heterocycles. The van der Waals surface area contributed by atoms with Crippen LogP contribution in [0.2, 0.25) is 0 Å². The van der Waals surface area contributed by atoms with Gasteiger partial charge in [-0.2, -0.15) is 13.2 Å². The van der Waals surface area contributed by atoms with Crippen molar-refractivity contribution in [2.75, 3.05) is 6.61 Å². The van der Waals surface area contributed by atoms with Gasteiger partial charge in [-0.3, -0.25) is 9.78 Å². The third-order valence-corrected chi connectivity index (χ3v) is 3.49. The summed E-state index contributed by atoms with van der Waals surface area (Å²) in [5.74, 6) is -0.412. The fraction of sp³-hybridized carbons (Fsp3) is 0.500. The number of amides is 2. The highest BCUT2D eigenvalue weighted by Crippen LogP contribution is 2.28. The van der Waals surface area contributed by atoms with Crippen molar-refractivity contribution < 1.29 is 32.6 Å². The summed E-state index contributed by atoms with van der Waals surface area (Å²) in [6.07, 6.45) is -4.81. The Balaban J connectivity index is 1.78. The summed E-state index contributed by atoms with van der Waals surface area (Å²) < 4.78 is 42.6. The molecule has 1 aromatic heterocycles. The number of carbonyl (C=O) groups excluding carboxylic acids is 1. The van der Waals surface area contributed by atoms with Gasteiger partial charge in [0, 0.05) is 6.20 Å². The van der Waals surface area contributed by atoms with Crippen LogP contribution in [0.25, 0.3) is 0 Å². The van der Waals surface area contributed by atoms with Gasteiger partial charge in [-0.15, -0.1) is 0 Å². The highest BCUT2D eigenvalue weighted by molar-refractivity contribution is 5.80. The molecule has 2 heterocycles. The van der Waals surface area contributed by atoms with Crippen LogP contribution >= 0.6 is 0 Å². The van der Waals surface area contributed by atoms with Gasteiger partial charge < -0.3 is 20.5 Å². The normalized spacial score (nSPS) is 21.1. The maximum atomic E-state index is 12.4. The quantitative estimate of drug-likeness (QED) is 0.767. The number of carbonyl (C=O) groups is 2. The van der Waals surface area contributed by atoms with E-state index in [1.807, 2.05) is 0 Å². The smallest absolute Gasteiger partial charge is 0.417 e. The van der Waals surface area contributed by atoms with E-state index < -0.39 is 29.8 Å². The third-order valence-electron chi connectivity index (χ3n) is 3.49. The first-order valence-corrected chi connectivity index (χ1v) is 7.16. The second-order valence-electron chi connectivity index (χ2n) is 5.30. The fourth-order valence-electron chi connectivity index (χ4n) is 2.24. The number of rotatable bonds is 4. The second-order valence-corrected chi connectivity index (χ2v) is 5.30. The minimum absolute atomic E-state index is 0.0202. The van der Waals surface area contributed by atoms with Crippen molar-refractivity contribution in [2.45, 2.75) is 37.7 Å². The number of ether oxygens (including phenoxy) is 1. The summed E-state index contributed by atoms with van der Waals surface area (Å²) in [6, 6.07) is 1.73. The summed E-state index contributed by atoms with van der Waals surface area (Å²) in [5.41, 5.74) is -0.567. The van der Waals surface area contributed by atoms with E-state index in [9.17, 15) is 22.8 Å². The zero-order valence-electron chi connectivity index (χ0n) is 12.5. The molecule has 1 aliphatic rings. The fourth-order valence-corrected chi connectivity index (χ4v) is 2.24. The first-order valence-electron chi connectivity index (χ1n) is 7.16. The Morgan fingerprint density at radius 3 is 2.58 bits per heavy atom. The summed E-state index contributed by atoms with van der Waals surface area (Å²) in [6.45, 7) is 0.0660. The van der Waals surface area contributed by atoms with Crippen molar-refractivity contribution in [3.8, 4) is 0 Å². The van der Waals surface area contributed by atoms with Crippen molar-refractivity contribution in [1.29, 1.82) is 0 Å². The van der Waals surface area contributed by atoms with E-state index in [0.29, 0.717) is 19.0 Å². The van der Waals surface area contributed by atoms with Crippen molar-refractivity contribution in [3.05, 3.63) is 29.6 Å². The molecule has 24 heavy (non-hydrogen) atoms. The molecule has 1 aromatic rings. The van der Waals surface area contributed by atoms with Crippen LogP contribution in [0.3, 0.4) is 0 Å². The Morgan fingerprint density at radius 2 is 2.08 bits per heavy atom. The predicted octanol–water partition coefficient (Wildman–Crippen LogP) is 1.53. The lowest BCUT2D eigenvalue weighted by molar-refractivity contribution is -0.138. The number of halogens is 3. The van der Waals surface area contributed by atoms with Crippen LogP contribution in [0.15, 0.2) is 18.3 Å². The Hall–Kier alpha value is -2.36. The molecular formula is C14H16F3N3O4. The zero-order valence-corrected chi connectivity index (χ0v) is 12.5. The number of nitrogens with one attached hydrogen (secondary N) is 2. The van der Waals surface area contributed by atoms with Crippen LogP contribution < -0.4 is 10.6 Å². The highest BCUT2D eigenvalue weighted by atomic mass is 19.4. The standard InChI is InChI=1S/C14H16F3N3O4/c15-14(16,17)8-1-2-9(18-5-8)6-19-12(21)11-4-3-10(7-24-11)20-13(22)23/h1-2,5,10-11,20H,3-4,6-7H2,(H,19,21)(H,22,23). The molecule has 0 aromatic carbocycles. The number of pyridine rings is 1. The lowest BCUT2D eigenvalue weighted by Gasteiger charge is -2.28. The van der Waals surface area contributed by atoms with Crippen LogP contribution in [-0.4, -0.2) is 40.8 Å². The molecule has 0 spiro atoms. The molecular weight excluding hydrogens is 331 g/mol. The Kier molecular flexibility index (Phi) is 5.60. The van der Waals surface area contributed by atoms with Gasteiger partial charge in [0.05, 0.1) is 30.5 Å². The monoisotopic (exact) mass is 347 g/mol. The Labute approximate surface area is 135 Å². The third kappa shape index (κ3) is 5.08. The van der Waals surface area contributed by atoms with Crippen LogP contribution in [0.4, 0.5) is 18.0 Å².